The minimum Gasteiger partial charge on any atom is -0.433 e. The van der Waals surface area contributed by atoms with Gasteiger partial charge in [0.15, 0.2) is 17.5 Å². The van der Waals surface area contributed by atoms with E-state index in [9.17, 15) is 23.3 Å². The summed E-state index contributed by atoms with van der Waals surface area (Å²) in [5.41, 5.74) is -0.479. The maximum Gasteiger partial charge on any atom is 0.331 e. The molecule has 0 saturated heterocycles. The molecule has 2 aromatic rings. The van der Waals surface area contributed by atoms with Crippen LogP contribution in [-0.4, -0.2) is 9.91 Å². The number of hydrogen-bond acceptors (Lipinski definition) is 4. The average molecular weight is 270 g/mol. The fraction of sp³-hybridized carbons (Fsp3) is 0. The number of rotatable bonds is 3. The molecule has 0 bridgehead atoms. The number of hydrogen-bond donors (Lipinski definition) is 0. The van der Waals surface area contributed by atoms with Gasteiger partial charge in [-0.15, -0.1) is 0 Å². The van der Waals surface area contributed by atoms with Gasteiger partial charge in [-0.1, -0.05) is 0 Å². The number of halogens is 3. The molecule has 1 aromatic heterocycles. The highest BCUT2D eigenvalue weighted by atomic mass is 19.2. The Morgan fingerprint density at radius 1 is 1.21 bits per heavy atom. The summed E-state index contributed by atoms with van der Waals surface area (Å²) in [6, 6.07) is 3.54. The fourth-order valence-corrected chi connectivity index (χ4v) is 1.30. The second kappa shape index (κ2) is 4.92. The fourth-order valence-electron chi connectivity index (χ4n) is 1.30. The van der Waals surface area contributed by atoms with Gasteiger partial charge in [0.1, 0.15) is 5.75 Å². The lowest BCUT2D eigenvalue weighted by Gasteiger charge is -2.05. The van der Waals surface area contributed by atoms with Crippen molar-refractivity contribution in [2.75, 3.05) is 0 Å². The molecule has 0 amide bonds. The monoisotopic (exact) mass is 270 g/mol. The molecule has 19 heavy (non-hydrogen) atoms. The van der Waals surface area contributed by atoms with Crippen molar-refractivity contribution in [3.05, 3.63) is 58.0 Å². The first-order valence-electron chi connectivity index (χ1n) is 4.91. The maximum atomic E-state index is 13.0. The summed E-state index contributed by atoms with van der Waals surface area (Å²) in [5, 5.41) is 10.7. The quantitative estimate of drug-likeness (QED) is 0.488. The van der Waals surface area contributed by atoms with E-state index >= 15 is 0 Å². The first-order chi connectivity index (χ1) is 8.99. The van der Waals surface area contributed by atoms with E-state index in [1.165, 1.54) is 12.3 Å². The average Bonchev–Trinajstić information content (AvgIpc) is 2.36. The van der Waals surface area contributed by atoms with Crippen LogP contribution in [0.15, 0.2) is 30.5 Å². The van der Waals surface area contributed by atoms with Crippen molar-refractivity contribution in [1.82, 2.24) is 4.98 Å². The van der Waals surface area contributed by atoms with E-state index in [0.29, 0.717) is 12.1 Å². The Labute approximate surface area is 104 Å². The normalized spacial score (nSPS) is 10.3. The van der Waals surface area contributed by atoms with Crippen molar-refractivity contribution in [3.63, 3.8) is 0 Å². The molecule has 0 saturated carbocycles. The van der Waals surface area contributed by atoms with Gasteiger partial charge in [-0.25, -0.2) is 18.2 Å². The van der Waals surface area contributed by atoms with E-state index in [-0.39, 0.29) is 0 Å². The number of pyridine rings is 1. The predicted octanol–water partition coefficient (Wildman–Crippen LogP) is 3.20. The minimum absolute atomic E-state index is 0.432. The zero-order valence-corrected chi connectivity index (χ0v) is 9.14. The van der Waals surface area contributed by atoms with Crippen molar-refractivity contribution >= 4 is 5.69 Å². The molecular weight excluding hydrogens is 265 g/mol. The second-order valence-electron chi connectivity index (χ2n) is 3.39. The summed E-state index contributed by atoms with van der Waals surface area (Å²) in [7, 11) is 0. The third kappa shape index (κ3) is 2.62. The number of nitro groups is 1. The number of benzene rings is 1. The Balaban J connectivity index is 2.39. The minimum atomic E-state index is -1.65. The van der Waals surface area contributed by atoms with Crippen molar-refractivity contribution in [1.29, 1.82) is 0 Å². The van der Waals surface area contributed by atoms with Crippen LogP contribution in [0.1, 0.15) is 0 Å². The molecule has 0 fully saturated rings. The summed E-state index contributed by atoms with van der Waals surface area (Å²) in [4.78, 5) is 13.5. The lowest BCUT2D eigenvalue weighted by Crippen LogP contribution is -1.97. The molecule has 1 aromatic carbocycles. The molecular formula is C11H5F3N2O3. The number of ether oxygens (including phenoxy) is 1. The Hall–Kier alpha value is -2.64. The summed E-state index contributed by atoms with van der Waals surface area (Å²) in [6.45, 7) is 0. The van der Waals surface area contributed by atoms with Gasteiger partial charge in [0, 0.05) is 24.4 Å². The van der Waals surface area contributed by atoms with Gasteiger partial charge < -0.3 is 4.74 Å². The molecule has 0 atom stereocenters. The molecule has 0 unspecified atom stereocenters. The molecule has 0 aliphatic heterocycles. The highest BCUT2D eigenvalue weighted by molar-refractivity contribution is 5.42. The van der Waals surface area contributed by atoms with Gasteiger partial charge in [-0.05, 0) is 6.07 Å². The Morgan fingerprint density at radius 3 is 2.42 bits per heavy atom. The smallest absolute Gasteiger partial charge is 0.331 e. The molecule has 0 N–H and O–H groups in total. The first kappa shape index (κ1) is 12.8. The van der Waals surface area contributed by atoms with E-state index in [0.717, 1.165) is 6.07 Å². The third-order valence-corrected chi connectivity index (χ3v) is 2.12. The molecule has 5 nitrogen and oxygen atoms in total. The topological polar surface area (TPSA) is 65.3 Å². The zero-order valence-electron chi connectivity index (χ0n) is 9.14. The van der Waals surface area contributed by atoms with Crippen LogP contribution in [0, 0.1) is 27.6 Å². The largest absolute Gasteiger partial charge is 0.433 e. The van der Waals surface area contributed by atoms with E-state index in [1.807, 2.05) is 0 Å². The van der Waals surface area contributed by atoms with E-state index in [2.05, 4.69) is 4.98 Å². The standard InChI is InChI=1S/C11H5F3N2O3/c12-7-4-6(5-8(13)10(7)14)19-11-9(16(17)18)2-1-3-15-11/h1-5H. The molecule has 0 radical (unpaired) electrons. The lowest BCUT2D eigenvalue weighted by atomic mass is 10.3. The molecule has 2 rings (SSSR count). The Bertz CT molecular complexity index is 626. The van der Waals surface area contributed by atoms with E-state index in [1.54, 1.807) is 0 Å². The van der Waals surface area contributed by atoms with Crippen LogP contribution in [0.4, 0.5) is 18.9 Å². The van der Waals surface area contributed by atoms with Crippen LogP contribution in [0.3, 0.4) is 0 Å². The predicted molar refractivity (Wildman–Crippen MR) is 57.3 cm³/mol. The van der Waals surface area contributed by atoms with Crippen LogP contribution in [0.5, 0.6) is 11.6 Å². The van der Waals surface area contributed by atoms with E-state index < -0.39 is 39.7 Å². The van der Waals surface area contributed by atoms with Crippen molar-refractivity contribution in [2.45, 2.75) is 0 Å². The van der Waals surface area contributed by atoms with Gasteiger partial charge in [-0.3, -0.25) is 10.1 Å². The number of aromatic nitrogens is 1. The lowest BCUT2D eigenvalue weighted by molar-refractivity contribution is -0.386. The molecule has 0 spiro atoms. The van der Waals surface area contributed by atoms with Crippen LogP contribution < -0.4 is 4.74 Å². The molecule has 0 aliphatic rings. The number of nitrogens with zero attached hydrogens (tertiary/aromatic N) is 2. The summed E-state index contributed by atoms with van der Waals surface area (Å²) in [6.07, 6.45) is 1.21. The van der Waals surface area contributed by atoms with Gasteiger partial charge in [0.25, 0.3) is 5.88 Å². The molecule has 0 aliphatic carbocycles. The van der Waals surface area contributed by atoms with Crippen molar-refractivity contribution < 1.29 is 22.8 Å². The second-order valence-corrected chi connectivity index (χ2v) is 3.39. The maximum absolute atomic E-state index is 13.0. The van der Waals surface area contributed by atoms with Gasteiger partial charge in [0.2, 0.25) is 0 Å². The summed E-state index contributed by atoms with van der Waals surface area (Å²) < 4.78 is 43.5. The van der Waals surface area contributed by atoms with Crippen LogP contribution in [0.2, 0.25) is 0 Å². The van der Waals surface area contributed by atoms with Gasteiger partial charge in [0.05, 0.1) is 4.92 Å². The first-order valence-corrected chi connectivity index (χ1v) is 4.91. The zero-order chi connectivity index (χ0) is 14.0. The van der Waals surface area contributed by atoms with Crippen LogP contribution in [-0.2, 0) is 0 Å². The SMILES string of the molecule is O=[N+]([O-])c1cccnc1Oc1cc(F)c(F)c(F)c1. The van der Waals surface area contributed by atoms with Crippen LogP contribution >= 0.6 is 0 Å². The molecule has 98 valence electrons. The summed E-state index contributed by atoms with van der Waals surface area (Å²) >= 11 is 0. The van der Waals surface area contributed by atoms with Gasteiger partial charge >= 0.3 is 5.69 Å². The summed E-state index contributed by atoms with van der Waals surface area (Å²) in [5.74, 6) is -5.46. The van der Waals surface area contributed by atoms with Crippen LogP contribution in [0.25, 0.3) is 0 Å². The highest BCUT2D eigenvalue weighted by Crippen LogP contribution is 2.29. The molecule has 1 heterocycles. The Morgan fingerprint density at radius 2 is 1.84 bits per heavy atom. The Kier molecular flexibility index (Phi) is 3.32. The molecule has 8 heteroatoms. The highest BCUT2D eigenvalue weighted by Gasteiger charge is 2.18. The van der Waals surface area contributed by atoms with Crippen molar-refractivity contribution in [2.24, 2.45) is 0 Å². The third-order valence-electron chi connectivity index (χ3n) is 2.12. The van der Waals surface area contributed by atoms with E-state index in [4.69, 9.17) is 4.74 Å². The van der Waals surface area contributed by atoms with Gasteiger partial charge in [-0.2, -0.15) is 0 Å². The van der Waals surface area contributed by atoms with Crippen molar-refractivity contribution in [3.8, 4) is 11.6 Å².